The number of nitrogens with zero attached hydrogens (tertiary/aromatic N) is 2. The maximum atomic E-state index is 12.8. The Balaban J connectivity index is 1.84. The molecule has 3 rings (SSSR count). The Hall–Kier alpha value is -2.81. The highest BCUT2D eigenvalue weighted by Crippen LogP contribution is 2.33. The molecule has 9 heteroatoms. The first-order chi connectivity index (χ1) is 12.3. The SMILES string of the molecule is Nc1c(Nc2ccc(Br)cc2)ncnc1Nc1cccc(C(F)(F)F)c1. The second-order valence-corrected chi connectivity index (χ2v) is 6.24. The van der Waals surface area contributed by atoms with Crippen LogP contribution in [0.3, 0.4) is 0 Å². The largest absolute Gasteiger partial charge is 0.416 e. The molecule has 5 nitrogen and oxygen atoms in total. The monoisotopic (exact) mass is 423 g/mol. The molecule has 134 valence electrons. The molecule has 0 bridgehead atoms. The Morgan fingerprint density at radius 3 is 2.12 bits per heavy atom. The Labute approximate surface area is 155 Å². The third kappa shape index (κ3) is 4.23. The van der Waals surface area contributed by atoms with Gasteiger partial charge >= 0.3 is 6.18 Å². The number of hydrogen-bond donors (Lipinski definition) is 3. The number of benzene rings is 2. The fourth-order valence-electron chi connectivity index (χ4n) is 2.17. The van der Waals surface area contributed by atoms with Crippen molar-refractivity contribution in [1.29, 1.82) is 0 Å². The highest BCUT2D eigenvalue weighted by atomic mass is 79.9. The van der Waals surface area contributed by atoms with Gasteiger partial charge in [0.2, 0.25) is 0 Å². The minimum absolute atomic E-state index is 0.188. The zero-order valence-electron chi connectivity index (χ0n) is 13.2. The van der Waals surface area contributed by atoms with Gasteiger partial charge in [0.25, 0.3) is 0 Å². The van der Waals surface area contributed by atoms with Crippen molar-refractivity contribution in [1.82, 2.24) is 9.97 Å². The molecule has 0 atom stereocenters. The third-order valence-corrected chi connectivity index (χ3v) is 3.97. The van der Waals surface area contributed by atoms with Gasteiger partial charge in [-0.15, -0.1) is 0 Å². The first kappa shape index (κ1) is 18.0. The van der Waals surface area contributed by atoms with Gasteiger partial charge in [-0.1, -0.05) is 22.0 Å². The highest BCUT2D eigenvalue weighted by molar-refractivity contribution is 9.10. The van der Waals surface area contributed by atoms with Crippen molar-refractivity contribution in [2.24, 2.45) is 0 Å². The van der Waals surface area contributed by atoms with E-state index >= 15 is 0 Å². The molecule has 0 saturated carbocycles. The number of nitrogen functional groups attached to an aromatic ring is 1. The number of alkyl halides is 3. The lowest BCUT2D eigenvalue weighted by molar-refractivity contribution is -0.137. The van der Waals surface area contributed by atoms with Crippen LogP contribution < -0.4 is 16.4 Å². The fourth-order valence-corrected chi connectivity index (χ4v) is 2.44. The Morgan fingerprint density at radius 1 is 0.885 bits per heavy atom. The van der Waals surface area contributed by atoms with Crippen molar-refractivity contribution in [3.8, 4) is 0 Å². The first-order valence-corrected chi connectivity index (χ1v) is 8.19. The van der Waals surface area contributed by atoms with E-state index in [4.69, 9.17) is 5.73 Å². The number of rotatable bonds is 4. The van der Waals surface area contributed by atoms with Crippen molar-refractivity contribution in [3.63, 3.8) is 0 Å². The van der Waals surface area contributed by atoms with Gasteiger partial charge in [0.1, 0.15) is 12.0 Å². The molecular weight excluding hydrogens is 411 g/mol. The fraction of sp³-hybridized carbons (Fsp3) is 0.0588. The Kier molecular flexibility index (Phi) is 4.99. The Bertz CT molecular complexity index is 913. The number of halogens is 4. The molecule has 1 aromatic heterocycles. The summed E-state index contributed by atoms with van der Waals surface area (Å²) in [4.78, 5) is 8.08. The van der Waals surface area contributed by atoms with Crippen LogP contribution in [-0.4, -0.2) is 9.97 Å². The smallest absolute Gasteiger partial charge is 0.393 e. The van der Waals surface area contributed by atoms with Crippen molar-refractivity contribution in [3.05, 3.63) is 64.9 Å². The maximum Gasteiger partial charge on any atom is 0.416 e. The van der Waals surface area contributed by atoms with Gasteiger partial charge in [0, 0.05) is 15.8 Å². The summed E-state index contributed by atoms with van der Waals surface area (Å²) in [7, 11) is 0. The lowest BCUT2D eigenvalue weighted by atomic mass is 10.2. The van der Waals surface area contributed by atoms with E-state index < -0.39 is 11.7 Å². The van der Waals surface area contributed by atoms with Crippen molar-refractivity contribution < 1.29 is 13.2 Å². The molecule has 3 aromatic rings. The molecule has 0 aliphatic carbocycles. The quantitative estimate of drug-likeness (QED) is 0.528. The summed E-state index contributed by atoms with van der Waals surface area (Å²) >= 11 is 3.35. The number of nitrogens with one attached hydrogen (secondary N) is 2. The molecule has 0 aliphatic rings. The predicted octanol–water partition coefficient (Wildman–Crippen LogP) is 5.33. The van der Waals surface area contributed by atoms with E-state index in [1.807, 2.05) is 24.3 Å². The number of anilines is 5. The molecule has 0 spiro atoms. The second-order valence-electron chi connectivity index (χ2n) is 5.32. The highest BCUT2D eigenvalue weighted by Gasteiger charge is 2.30. The van der Waals surface area contributed by atoms with Crippen LogP contribution in [0.1, 0.15) is 5.56 Å². The van der Waals surface area contributed by atoms with Gasteiger partial charge in [0.05, 0.1) is 5.56 Å². The summed E-state index contributed by atoms with van der Waals surface area (Å²) in [5, 5.41) is 5.84. The van der Waals surface area contributed by atoms with Crippen LogP contribution >= 0.6 is 15.9 Å². The maximum absolute atomic E-state index is 12.8. The molecule has 26 heavy (non-hydrogen) atoms. The van der Waals surface area contributed by atoms with E-state index in [0.29, 0.717) is 5.82 Å². The van der Waals surface area contributed by atoms with Crippen molar-refractivity contribution in [2.75, 3.05) is 16.4 Å². The summed E-state index contributed by atoms with van der Waals surface area (Å²) < 4.78 is 39.4. The molecule has 0 aliphatic heterocycles. The summed E-state index contributed by atoms with van der Waals surface area (Å²) in [6.45, 7) is 0. The van der Waals surface area contributed by atoms with Gasteiger partial charge in [-0.05, 0) is 42.5 Å². The van der Waals surface area contributed by atoms with E-state index in [2.05, 4.69) is 36.5 Å². The standard InChI is InChI=1S/C17H13BrF3N5/c18-11-4-6-12(7-5-11)25-15-14(22)16(24-9-23-15)26-13-3-1-2-10(8-13)17(19,20)21/h1-9H,22H2,(H2,23,24,25,26). The molecule has 0 saturated heterocycles. The lowest BCUT2D eigenvalue weighted by Gasteiger charge is -2.14. The average Bonchev–Trinajstić information content (AvgIpc) is 2.60. The Morgan fingerprint density at radius 2 is 1.50 bits per heavy atom. The van der Waals surface area contributed by atoms with E-state index in [0.717, 1.165) is 22.3 Å². The van der Waals surface area contributed by atoms with Crippen LogP contribution in [-0.2, 0) is 6.18 Å². The second kappa shape index (κ2) is 7.20. The minimum Gasteiger partial charge on any atom is -0.393 e. The van der Waals surface area contributed by atoms with Crippen LogP contribution in [0, 0.1) is 0 Å². The molecule has 0 fully saturated rings. The lowest BCUT2D eigenvalue weighted by Crippen LogP contribution is -2.07. The summed E-state index contributed by atoms with van der Waals surface area (Å²) in [6, 6.07) is 12.1. The van der Waals surface area contributed by atoms with Gasteiger partial charge in [-0.2, -0.15) is 13.2 Å². The first-order valence-electron chi connectivity index (χ1n) is 7.40. The van der Waals surface area contributed by atoms with Crippen molar-refractivity contribution in [2.45, 2.75) is 6.18 Å². The van der Waals surface area contributed by atoms with E-state index in [1.165, 1.54) is 18.5 Å². The normalized spacial score (nSPS) is 11.2. The van der Waals surface area contributed by atoms with Crippen molar-refractivity contribution >= 4 is 44.6 Å². The predicted molar refractivity (Wildman–Crippen MR) is 98.6 cm³/mol. The van der Waals surface area contributed by atoms with Gasteiger partial charge in [0.15, 0.2) is 11.6 Å². The van der Waals surface area contributed by atoms with E-state index in [9.17, 15) is 13.2 Å². The number of aromatic nitrogens is 2. The molecule has 0 amide bonds. The zero-order valence-corrected chi connectivity index (χ0v) is 14.8. The summed E-state index contributed by atoms with van der Waals surface area (Å²) in [5.74, 6) is 0.552. The van der Waals surface area contributed by atoms with Gasteiger partial charge < -0.3 is 16.4 Å². The number of hydrogen-bond acceptors (Lipinski definition) is 5. The molecule has 0 radical (unpaired) electrons. The molecule has 1 heterocycles. The van der Waals surface area contributed by atoms with E-state index in [-0.39, 0.29) is 17.2 Å². The van der Waals surface area contributed by atoms with Crippen LogP contribution in [0.15, 0.2) is 59.3 Å². The summed E-state index contributed by atoms with van der Waals surface area (Å²) in [6.07, 6.45) is -3.16. The molecule has 4 N–H and O–H groups in total. The third-order valence-electron chi connectivity index (χ3n) is 3.44. The molecule has 2 aromatic carbocycles. The van der Waals surface area contributed by atoms with Crippen LogP contribution in [0.25, 0.3) is 0 Å². The number of nitrogens with two attached hydrogens (primary N) is 1. The van der Waals surface area contributed by atoms with Gasteiger partial charge in [-0.25, -0.2) is 9.97 Å². The minimum atomic E-state index is -4.43. The molecular formula is C17H13BrF3N5. The average molecular weight is 424 g/mol. The summed E-state index contributed by atoms with van der Waals surface area (Å²) in [5.41, 5.74) is 6.45. The topological polar surface area (TPSA) is 75.9 Å². The van der Waals surface area contributed by atoms with E-state index in [1.54, 1.807) is 0 Å². The molecule has 0 unspecified atom stereocenters. The zero-order chi connectivity index (χ0) is 18.7. The van der Waals surface area contributed by atoms with Crippen LogP contribution in [0.2, 0.25) is 0 Å². The van der Waals surface area contributed by atoms with Gasteiger partial charge in [-0.3, -0.25) is 0 Å². The van der Waals surface area contributed by atoms with Crippen LogP contribution in [0.4, 0.5) is 41.9 Å². The van der Waals surface area contributed by atoms with Crippen LogP contribution in [0.5, 0.6) is 0 Å².